The van der Waals surface area contributed by atoms with E-state index in [1.54, 1.807) is 17.8 Å². The first-order valence-corrected chi connectivity index (χ1v) is 6.34. The summed E-state index contributed by atoms with van der Waals surface area (Å²) in [6.07, 6.45) is 1.67. The zero-order valence-corrected chi connectivity index (χ0v) is 10.9. The summed E-state index contributed by atoms with van der Waals surface area (Å²) in [4.78, 5) is 9.32. The summed E-state index contributed by atoms with van der Waals surface area (Å²) in [7, 11) is 1.61. The van der Waals surface area contributed by atoms with Gasteiger partial charge >= 0.3 is 0 Å². The number of methoxy groups -OCH3 is 1. The van der Waals surface area contributed by atoms with Crippen LogP contribution in [-0.2, 0) is 11.3 Å². The van der Waals surface area contributed by atoms with Crippen LogP contribution in [0.5, 0.6) is 0 Å². The number of nitrogens with zero attached hydrogens (tertiary/aromatic N) is 5. The fourth-order valence-corrected chi connectivity index (χ4v) is 2.62. The van der Waals surface area contributed by atoms with Crippen molar-refractivity contribution in [3.63, 3.8) is 0 Å². The third-order valence-electron chi connectivity index (χ3n) is 2.53. The molecule has 7 heteroatoms. The number of ether oxygens (including phenoxy) is 1. The molecule has 0 aliphatic heterocycles. The van der Waals surface area contributed by atoms with Crippen molar-refractivity contribution < 1.29 is 4.74 Å². The molecule has 0 bridgehead atoms. The highest BCUT2D eigenvalue weighted by atomic mass is 32.1. The summed E-state index contributed by atoms with van der Waals surface area (Å²) < 4.78 is 6.57. The molecule has 3 rings (SSSR count). The van der Waals surface area contributed by atoms with Crippen LogP contribution in [0, 0.1) is 11.3 Å². The summed E-state index contributed by atoms with van der Waals surface area (Å²) >= 11 is 1.40. The number of hydrogen-bond acceptors (Lipinski definition) is 6. The second-order valence-electron chi connectivity index (χ2n) is 3.76. The second-order valence-corrected chi connectivity index (χ2v) is 4.80. The van der Waals surface area contributed by atoms with E-state index in [9.17, 15) is 5.26 Å². The molecule has 0 radical (unpaired) electrons. The Morgan fingerprint density at radius 1 is 1.47 bits per heavy atom. The van der Waals surface area contributed by atoms with E-state index in [4.69, 9.17) is 4.74 Å². The normalized spacial score (nSPS) is 10.7. The molecule has 3 heterocycles. The highest BCUT2D eigenvalue weighted by molar-refractivity contribution is 7.16. The summed E-state index contributed by atoms with van der Waals surface area (Å²) in [5, 5.41) is 14.4. The Hall–Kier alpha value is -2.30. The molecule has 0 aromatic carbocycles. The first-order valence-electron chi connectivity index (χ1n) is 5.52. The minimum absolute atomic E-state index is 0.396. The minimum Gasteiger partial charge on any atom is -0.377 e. The van der Waals surface area contributed by atoms with Crippen molar-refractivity contribution in [2.45, 2.75) is 6.61 Å². The van der Waals surface area contributed by atoms with E-state index in [0.717, 1.165) is 5.01 Å². The fraction of sp³-hybridized carbons (Fsp3) is 0.167. The standard InChI is InChI=1S/C12H9N5OS/c1-18-7-10-16-17-9(6-13)11(15-12(17)19-10)8-4-2-3-5-14-8/h2-5H,7H2,1H3. The van der Waals surface area contributed by atoms with Gasteiger partial charge in [-0.25, -0.2) is 4.98 Å². The van der Waals surface area contributed by atoms with Crippen molar-refractivity contribution >= 4 is 16.3 Å². The minimum atomic E-state index is 0.396. The summed E-state index contributed by atoms with van der Waals surface area (Å²) in [6.45, 7) is 0.414. The number of hydrogen-bond donors (Lipinski definition) is 0. The van der Waals surface area contributed by atoms with E-state index in [2.05, 4.69) is 21.1 Å². The van der Waals surface area contributed by atoms with Gasteiger partial charge in [0.05, 0.1) is 12.3 Å². The molecule has 3 aromatic rings. The Balaban J connectivity index is 2.17. The van der Waals surface area contributed by atoms with Crippen LogP contribution in [-0.4, -0.2) is 26.7 Å². The van der Waals surface area contributed by atoms with Gasteiger partial charge in [0.15, 0.2) is 5.69 Å². The monoisotopic (exact) mass is 271 g/mol. The third-order valence-corrected chi connectivity index (χ3v) is 3.41. The number of nitriles is 1. The van der Waals surface area contributed by atoms with Crippen molar-refractivity contribution in [1.29, 1.82) is 5.26 Å². The van der Waals surface area contributed by atoms with Crippen LogP contribution in [0.3, 0.4) is 0 Å². The van der Waals surface area contributed by atoms with Gasteiger partial charge in [-0.2, -0.15) is 14.9 Å². The highest BCUT2D eigenvalue weighted by Crippen LogP contribution is 2.25. The summed E-state index contributed by atoms with van der Waals surface area (Å²) in [6, 6.07) is 7.64. The summed E-state index contributed by atoms with van der Waals surface area (Å²) in [5.74, 6) is 0. The average Bonchev–Trinajstić information content (AvgIpc) is 2.96. The van der Waals surface area contributed by atoms with Crippen LogP contribution < -0.4 is 0 Å². The predicted octanol–water partition coefficient (Wildman–Crippen LogP) is 1.87. The predicted molar refractivity (Wildman–Crippen MR) is 69.5 cm³/mol. The highest BCUT2D eigenvalue weighted by Gasteiger charge is 2.18. The number of pyridine rings is 1. The molecule has 0 N–H and O–H groups in total. The second kappa shape index (κ2) is 4.76. The number of aromatic nitrogens is 4. The largest absolute Gasteiger partial charge is 0.377 e. The van der Waals surface area contributed by atoms with E-state index < -0.39 is 0 Å². The van der Waals surface area contributed by atoms with Gasteiger partial charge < -0.3 is 4.74 Å². The van der Waals surface area contributed by atoms with E-state index in [1.165, 1.54) is 11.3 Å². The van der Waals surface area contributed by atoms with Crippen LogP contribution in [0.15, 0.2) is 24.4 Å². The molecular weight excluding hydrogens is 262 g/mol. The van der Waals surface area contributed by atoms with Crippen molar-refractivity contribution in [3.05, 3.63) is 35.1 Å². The molecule has 19 heavy (non-hydrogen) atoms. The van der Waals surface area contributed by atoms with Gasteiger partial charge in [0.2, 0.25) is 4.96 Å². The van der Waals surface area contributed by atoms with Gasteiger partial charge in [-0.15, -0.1) is 0 Å². The van der Waals surface area contributed by atoms with Crippen LogP contribution in [0.2, 0.25) is 0 Å². The number of imidazole rings is 1. The molecule has 94 valence electrons. The molecule has 0 unspecified atom stereocenters. The van der Waals surface area contributed by atoms with Gasteiger partial charge in [-0.05, 0) is 12.1 Å². The third kappa shape index (κ3) is 1.97. The fourth-order valence-electron chi connectivity index (χ4n) is 1.75. The average molecular weight is 271 g/mol. The molecule has 0 fully saturated rings. The summed E-state index contributed by atoms with van der Waals surface area (Å²) in [5.41, 5.74) is 1.63. The van der Waals surface area contributed by atoms with Crippen molar-refractivity contribution in [1.82, 2.24) is 19.6 Å². The molecule has 0 aliphatic carbocycles. The van der Waals surface area contributed by atoms with Gasteiger partial charge in [-0.1, -0.05) is 17.4 Å². The van der Waals surface area contributed by atoms with Crippen LogP contribution in [0.1, 0.15) is 10.7 Å². The lowest BCUT2D eigenvalue weighted by Crippen LogP contribution is -1.94. The molecule has 0 atom stereocenters. The first kappa shape index (κ1) is 11.8. The van der Waals surface area contributed by atoms with Gasteiger partial charge in [0.25, 0.3) is 0 Å². The van der Waals surface area contributed by atoms with Gasteiger partial charge in [-0.3, -0.25) is 4.98 Å². The zero-order chi connectivity index (χ0) is 13.2. The molecule has 0 spiro atoms. The molecule has 6 nitrogen and oxygen atoms in total. The maximum atomic E-state index is 9.30. The maximum absolute atomic E-state index is 9.30. The van der Waals surface area contributed by atoms with Gasteiger partial charge in [0, 0.05) is 13.3 Å². The van der Waals surface area contributed by atoms with Crippen molar-refractivity contribution in [3.8, 4) is 17.5 Å². The first-order chi connectivity index (χ1) is 9.33. The quantitative estimate of drug-likeness (QED) is 0.726. The van der Waals surface area contributed by atoms with E-state index in [-0.39, 0.29) is 0 Å². The van der Waals surface area contributed by atoms with E-state index >= 15 is 0 Å². The van der Waals surface area contributed by atoms with Crippen LogP contribution in [0.25, 0.3) is 16.3 Å². The van der Waals surface area contributed by atoms with Crippen LogP contribution in [0.4, 0.5) is 0 Å². The molecule has 0 amide bonds. The molecule has 0 aliphatic rings. The Kier molecular flexibility index (Phi) is 2.95. The Labute approximate surface area is 112 Å². The Morgan fingerprint density at radius 2 is 2.37 bits per heavy atom. The molecule has 0 saturated carbocycles. The molecular formula is C12H9N5OS. The van der Waals surface area contributed by atoms with E-state index in [0.29, 0.717) is 28.6 Å². The lowest BCUT2D eigenvalue weighted by Gasteiger charge is -1.95. The lowest BCUT2D eigenvalue weighted by molar-refractivity contribution is 0.183. The smallest absolute Gasteiger partial charge is 0.214 e. The SMILES string of the molecule is COCc1nn2c(C#N)c(-c3ccccn3)nc2s1. The lowest BCUT2D eigenvalue weighted by atomic mass is 10.2. The molecule has 3 aromatic heterocycles. The number of rotatable bonds is 3. The Bertz CT molecular complexity index is 756. The number of fused-ring (bicyclic) bond motifs is 1. The van der Waals surface area contributed by atoms with E-state index in [1.807, 2.05) is 18.2 Å². The van der Waals surface area contributed by atoms with Crippen molar-refractivity contribution in [2.24, 2.45) is 0 Å². The zero-order valence-electron chi connectivity index (χ0n) is 10.1. The molecule has 0 saturated heterocycles. The van der Waals surface area contributed by atoms with Crippen molar-refractivity contribution in [2.75, 3.05) is 7.11 Å². The van der Waals surface area contributed by atoms with Crippen LogP contribution >= 0.6 is 11.3 Å². The van der Waals surface area contributed by atoms with Gasteiger partial charge in [0.1, 0.15) is 16.8 Å². The topological polar surface area (TPSA) is 76.1 Å². The maximum Gasteiger partial charge on any atom is 0.214 e. The Morgan fingerprint density at radius 3 is 3.05 bits per heavy atom.